The van der Waals surface area contributed by atoms with Crippen molar-refractivity contribution in [3.05, 3.63) is 28.8 Å². The van der Waals surface area contributed by atoms with Crippen LogP contribution in [-0.4, -0.2) is 76.1 Å². The van der Waals surface area contributed by atoms with E-state index in [1.807, 2.05) is 13.8 Å². The molecule has 1 aliphatic heterocycles. The van der Waals surface area contributed by atoms with Crippen molar-refractivity contribution >= 4 is 11.7 Å². The Hall–Kier alpha value is -2.55. The Labute approximate surface area is 159 Å². The van der Waals surface area contributed by atoms with Crippen molar-refractivity contribution in [3.63, 3.8) is 0 Å². The molecule has 9 heteroatoms. The van der Waals surface area contributed by atoms with Gasteiger partial charge in [-0.1, -0.05) is 5.16 Å². The van der Waals surface area contributed by atoms with E-state index < -0.39 is 0 Å². The molecule has 27 heavy (non-hydrogen) atoms. The quantitative estimate of drug-likeness (QED) is 0.772. The van der Waals surface area contributed by atoms with Gasteiger partial charge in [0.05, 0.1) is 0 Å². The van der Waals surface area contributed by atoms with Gasteiger partial charge in [-0.2, -0.15) is 4.98 Å². The van der Waals surface area contributed by atoms with Gasteiger partial charge in [0, 0.05) is 37.4 Å². The van der Waals surface area contributed by atoms with E-state index in [1.165, 1.54) is 4.90 Å². The monoisotopic (exact) mass is 373 g/mol. The van der Waals surface area contributed by atoms with Crippen molar-refractivity contribution in [2.24, 2.45) is 0 Å². The van der Waals surface area contributed by atoms with Crippen LogP contribution in [0, 0.1) is 20.8 Å². The van der Waals surface area contributed by atoms with Gasteiger partial charge in [0.2, 0.25) is 11.7 Å². The molecule has 2 aromatic rings. The molecule has 1 fully saturated rings. The highest BCUT2D eigenvalue weighted by atomic mass is 16.5. The smallest absolute Gasteiger partial charge is 0.291 e. The number of carbonyl (C=O) groups is 1. The predicted molar refractivity (Wildman–Crippen MR) is 101 cm³/mol. The van der Waals surface area contributed by atoms with Gasteiger partial charge in [-0.05, 0) is 41.3 Å². The molecule has 1 saturated heterocycles. The van der Waals surface area contributed by atoms with E-state index >= 15 is 0 Å². The largest absolute Gasteiger partial charge is 0.355 e. The van der Waals surface area contributed by atoms with Crippen LogP contribution in [0.3, 0.4) is 0 Å². The molecule has 0 aromatic carbocycles. The first kappa shape index (κ1) is 19.2. The molecule has 146 valence electrons. The minimum atomic E-state index is -0.265. The lowest BCUT2D eigenvalue weighted by molar-refractivity contribution is 0.0757. The predicted octanol–water partition coefficient (Wildman–Crippen LogP) is 1.20. The van der Waals surface area contributed by atoms with Crippen LogP contribution >= 0.6 is 0 Å². The maximum absolute atomic E-state index is 12.8. The Morgan fingerprint density at radius 2 is 1.93 bits per heavy atom. The Balaban J connectivity index is 1.81. The van der Waals surface area contributed by atoms with Crippen LogP contribution in [0.1, 0.15) is 40.0 Å². The molecule has 0 N–H and O–H groups in total. The van der Waals surface area contributed by atoms with Gasteiger partial charge in [-0.15, -0.1) is 0 Å². The van der Waals surface area contributed by atoms with Gasteiger partial charge in [0.15, 0.2) is 5.82 Å². The number of amides is 1. The summed E-state index contributed by atoms with van der Waals surface area (Å²) in [5.74, 6) is 1.71. The number of aromatic nitrogens is 4. The van der Waals surface area contributed by atoms with Gasteiger partial charge in [0.1, 0.15) is 12.4 Å². The molecule has 1 aliphatic rings. The molecule has 0 unspecified atom stereocenters. The molecule has 0 aliphatic carbocycles. The highest BCUT2D eigenvalue weighted by Gasteiger charge is 2.28. The van der Waals surface area contributed by atoms with Crippen molar-refractivity contribution < 1.29 is 9.32 Å². The summed E-state index contributed by atoms with van der Waals surface area (Å²) in [6.45, 7) is 7.70. The van der Waals surface area contributed by atoms with Crippen molar-refractivity contribution in [3.8, 4) is 0 Å². The fourth-order valence-corrected chi connectivity index (χ4v) is 3.22. The summed E-state index contributed by atoms with van der Waals surface area (Å²) in [4.78, 5) is 32.0. The van der Waals surface area contributed by atoms with Crippen LogP contribution in [-0.2, 0) is 6.54 Å². The van der Waals surface area contributed by atoms with Crippen molar-refractivity contribution in [1.29, 1.82) is 0 Å². The van der Waals surface area contributed by atoms with E-state index in [4.69, 9.17) is 4.52 Å². The maximum atomic E-state index is 12.8. The molecule has 1 atom stereocenters. The average molecular weight is 373 g/mol. The normalized spacial score (nSPS) is 17.0. The number of likely N-dealkylation sites (N-methyl/N-ethyl adjacent to an activating group) is 1. The molecule has 0 bridgehead atoms. The SMILES string of the molecule is Cc1noc(CN(C)C(=O)c2nc(C)c(C)c(N3CC[C@@H](N(C)C)C3)n2)n1. The molecule has 3 heterocycles. The standard InChI is InChI=1S/C18H27N7O2/c1-11-12(2)19-16(18(26)24(6)10-15-20-13(3)22-27-15)21-17(11)25-8-7-14(9-25)23(4)5/h14H,7-10H2,1-6H3/t14-/m1/s1. The third kappa shape index (κ3) is 4.08. The minimum absolute atomic E-state index is 0.195. The Bertz CT molecular complexity index is 833. The zero-order valence-corrected chi connectivity index (χ0v) is 16.9. The molecule has 0 spiro atoms. The van der Waals surface area contributed by atoms with E-state index in [-0.39, 0.29) is 18.3 Å². The summed E-state index contributed by atoms with van der Waals surface area (Å²) in [6.07, 6.45) is 1.08. The molecule has 3 rings (SSSR count). The van der Waals surface area contributed by atoms with Crippen molar-refractivity contribution in [2.75, 3.05) is 39.1 Å². The zero-order valence-electron chi connectivity index (χ0n) is 16.9. The summed E-state index contributed by atoms with van der Waals surface area (Å²) in [7, 11) is 5.86. The first-order chi connectivity index (χ1) is 12.8. The van der Waals surface area contributed by atoms with Gasteiger partial charge in [0.25, 0.3) is 5.91 Å². The lowest BCUT2D eigenvalue weighted by Gasteiger charge is -2.23. The number of carbonyl (C=O) groups excluding carboxylic acids is 1. The lowest BCUT2D eigenvalue weighted by Crippen LogP contribution is -2.33. The third-order valence-electron chi connectivity index (χ3n) is 5.04. The van der Waals surface area contributed by atoms with Crippen LogP contribution in [0.15, 0.2) is 4.52 Å². The van der Waals surface area contributed by atoms with Crippen LogP contribution < -0.4 is 4.90 Å². The molecule has 0 radical (unpaired) electrons. The average Bonchev–Trinajstić information content (AvgIpc) is 3.25. The number of nitrogens with zero attached hydrogens (tertiary/aromatic N) is 7. The van der Waals surface area contributed by atoms with Crippen molar-refractivity contribution in [1.82, 2.24) is 29.9 Å². The van der Waals surface area contributed by atoms with Gasteiger partial charge in [-0.25, -0.2) is 9.97 Å². The second-order valence-electron chi connectivity index (χ2n) is 7.33. The third-order valence-corrected chi connectivity index (χ3v) is 5.04. The zero-order chi connectivity index (χ0) is 19.7. The Kier molecular flexibility index (Phi) is 5.41. The minimum Gasteiger partial charge on any atom is -0.355 e. The highest BCUT2D eigenvalue weighted by molar-refractivity contribution is 5.90. The number of hydrogen-bond acceptors (Lipinski definition) is 8. The first-order valence-corrected chi connectivity index (χ1v) is 9.07. The molecular formula is C18H27N7O2. The summed E-state index contributed by atoms with van der Waals surface area (Å²) >= 11 is 0. The molecule has 0 saturated carbocycles. The fourth-order valence-electron chi connectivity index (χ4n) is 3.22. The van der Waals surface area contributed by atoms with Crippen LogP contribution in [0.25, 0.3) is 0 Å². The second kappa shape index (κ2) is 7.59. The van der Waals surface area contributed by atoms with Gasteiger partial charge in [-0.3, -0.25) is 4.79 Å². The maximum Gasteiger partial charge on any atom is 0.291 e. The second-order valence-corrected chi connectivity index (χ2v) is 7.33. The van der Waals surface area contributed by atoms with Gasteiger partial charge < -0.3 is 19.2 Å². The molecule has 1 amide bonds. The number of aryl methyl sites for hydroxylation is 2. The Morgan fingerprint density at radius 1 is 1.19 bits per heavy atom. The van der Waals surface area contributed by atoms with Gasteiger partial charge >= 0.3 is 0 Å². The van der Waals surface area contributed by atoms with Crippen LogP contribution in [0.5, 0.6) is 0 Å². The van der Waals surface area contributed by atoms with E-state index in [0.29, 0.717) is 17.8 Å². The van der Waals surface area contributed by atoms with Crippen molar-refractivity contribution in [2.45, 2.75) is 39.8 Å². The van der Waals surface area contributed by atoms with E-state index in [2.05, 4.69) is 44.0 Å². The number of anilines is 1. The molecule has 9 nitrogen and oxygen atoms in total. The summed E-state index contributed by atoms with van der Waals surface area (Å²) < 4.78 is 5.09. The molecule has 2 aromatic heterocycles. The van der Waals surface area contributed by atoms with Crippen LogP contribution in [0.4, 0.5) is 5.82 Å². The van der Waals surface area contributed by atoms with E-state index in [9.17, 15) is 4.79 Å². The highest BCUT2D eigenvalue weighted by Crippen LogP contribution is 2.25. The lowest BCUT2D eigenvalue weighted by atomic mass is 10.2. The number of hydrogen-bond donors (Lipinski definition) is 0. The number of rotatable bonds is 5. The first-order valence-electron chi connectivity index (χ1n) is 9.07. The molecular weight excluding hydrogens is 346 g/mol. The van der Waals surface area contributed by atoms with Crippen LogP contribution in [0.2, 0.25) is 0 Å². The summed E-state index contributed by atoms with van der Waals surface area (Å²) in [6, 6.07) is 0.488. The van der Waals surface area contributed by atoms with E-state index in [1.54, 1.807) is 14.0 Å². The fraction of sp³-hybridized carbons (Fsp3) is 0.611. The topological polar surface area (TPSA) is 91.5 Å². The summed E-state index contributed by atoms with van der Waals surface area (Å²) in [5.41, 5.74) is 1.83. The Morgan fingerprint density at radius 3 is 2.52 bits per heavy atom. The van der Waals surface area contributed by atoms with E-state index in [0.717, 1.165) is 36.6 Å². The summed E-state index contributed by atoms with van der Waals surface area (Å²) in [5, 5.41) is 3.75.